The van der Waals surface area contributed by atoms with Crippen LogP contribution in [0.5, 0.6) is 0 Å². The third-order valence-electron chi connectivity index (χ3n) is 0.891. The maximum absolute atomic E-state index is 4.42. The van der Waals surface area contributed by atoms with Crippen molar-refractivity contribution in [1.82, 2.24) is 4.37 Å². The van der Waals surface area contributed by atoms with Crippen molar-refractivity contribution in [2.24, 2.45) is 4.99 Å². The van der Waals surface area contributed by atoms with Crippen LogP contribution in [0.3, 0.4) is 0 Å². The van der Waals surface area contributed by atoms with Gasteiger partial charge in [0.15, 0.2) is 0 Å². The first kappa shape index (κ1) is 6.55. The lowest BCUT2D eigenvalue weighted by Gasteiger charge is -1.79. The molecule has 9 heavy (non-hydrogen) atoms. The highest BCUT2D eigenvalue weighted by atomic mass is 32.1. The van der Waals surface area contributed by atoms with Gasteiger partial charge in [-0.2, -0.15) is 9.37 Å². The number of aromatic nitrogens is 1. The van der Waals surface area contributed by atoms with Gasteiger partial charge in [-0.05, 0) is 30.7 Å². The Bertz CT molecular complexity index is 247. The van der Waals surface area contributed by atoms with Crippen molar-refractivity contribution < 1.29 is 0 Å². The molecule has 0 aliphatic heterocycles. The Labute approximate surface area is 62.4 Å². The van der Waals surface area contributed by atoms with Crippen LogP contribution >= 0.6 is 23.8 Å². The van der Waals surface area contributed by atoms with Gasteiger partial charge in [-0.15, -0.1) is 0 Å². The van der Waals surface area contributed by atoms with E-state index in [1.54, 1.807) is 0 Å². The minimum Gasteiger partial charge on any atom is -0.196 e. The molecular weight excluding hydrogens is 152 g/mol. The van der Waals surface area contributed by atoms with Crippen molar-refractivity contribution in [3.05, 3.63) is 11.1 Å². The summed E-state index contributed by atoms with van der Waals surface area (Å²) in [5.41, 5.74) is 1.74. The maximum atomic E-state index is 4.42. The van der Waals surface area contributed by atoms with Crippen LogP contribution in [-0.4, -0.2) is 9.53 Å². The van der Waals surface area contributed by atoms with Crippen molar-refractivity contribution in [2.45, 2.75) is 6.92 Å². The van der Waals surface area contributed by atoms with Gasteiger partial charge in [0, 0.05) is 5.38 Å². The van der Waals surface area contributed by atoms with Gasteiger partial charge in [0.25, 0.3) is 0 Å². The van der Waals surface area contributed by atoms with Gasteiger partial charge in [-0.25, -0.2) is 0 Å². The minimum absolute atomic E-state index is 0.829. The topological polar surface area (TPSA) is 25.2 Å². The SMILES string of the molecule is Cc1nscc1N=C=S. The highest BCUT2D eigenvalue weighted by molar-refractivity contribution is 7.78. The fourth-order valence-electron chi connectivity index (χ4n) is 0.444. The molecule has 0 radical (unpaired) electrons. The number of nitrogens with zero attached hydrogens (tertiary/aromatic N) is 2. The van der Waals surface area contributed by atoms with E-state index in [1.807, 2.05) is 12.3 Å². The predicted molar refractivity (Wildman–Crippen MR) is 41.5 cm³/mol. The first-order chi connectivity index (χ1) is 4.34. The van der Waals surface area contributed by atoms with Crippen LogP contribution in [-0.2, 0) is 0 Å². The Kier molecular flexibility index (Phi) is 2.05. The zero-order valence-corrected chi connectivity index (χ0v) is 6.42. The molecule has 0 saturated carbocycles. The molecule has 0 saturated heterocycles. The molecule has 1 aromatic heterocycles. The predicted octanol–water partition coefficient (Wildman–Crippen LogP) is 2.19. The Morgan fingerprint density at radius 1 is 1.89 bits per heavy atom. The summed E-state index contributed by atoms with van der Waals surface area (Å²) in [6, 6.07) is 0. The van der Waals surface area contributed by atoms with Gasteiger partial charge in [-0.3, -0.25) is 0 Å². The van der Waals surface area contributed by atoms with E-state index in [0.29, 0.717) is 0 Å². The summed E-state index contributed by atoms with van der Waals surface area (Å²) in [5, 5.41) is 4.13. The molecule has 1 heterocycles. The summed E-state index contributed by atoms with van der Waals surface area (Å²) in [6.07, 6.45) is 0. The summed E-state index contributed by atoms with van der Waals surface area (Å²) in [5.74, 6) is 0. The summed E-state index contributed by atoms with van der Waals surface area (Å²) in [7, 11) is 0. The number of rotatable bonds is 1. The van der Waals surface area contributed by atoms with E-state index >= 15 is 0 Å². The molecule has 2 nitrogen and oxygen atoms in total. The number of hydrogen-bond acceptors (Lipinski definition) is 4. The molecule has 4 heteroatoms. The van der Waals surface area contributed by atoms with E-state index in [-0.39, 0.29) is 0 Å². The molecule has 0 atom stereocenters. The average Bonchev–Trinajstić information content (AvgIpc) is 2.18. The lowest BCUT2D eigenvalue weighted by Crippen LogP contribution is -1.64. The van der Waals surface area contributed by atoms with Gasteiger partial charge in [0.2, 0.25) is 0 Å². The normalized spacial score (nSPS) is 8.56. The van der Waals surface area contributed by atoms with E-state index < -0.39 is 0 Å². The molecule has 0 N–H and O–H groups in total. The van der Waals surface area contributed by atoms with Gasteiger partial charge < -0.3 is 0 Å². The lowest BCUT2D eigenvalue weighted by atomic mass is 10.4. The summed E-state index contributed by atoms with van der Waals surface area (Å²) in [4.78, 5) is 3.78. The molecule has 1 rings (SSSR count). The van der Waals surface area contributed by atoms with Crippen LogP contribution in [0.4, 0.5) is 5.69 Å². The molecule has 1 aromatic rings. The highest BCUT2D eigenvalue weighted by Gasteiger charge is 1.94. The third kappa shape index (κ3) is 1.42. The van der Waals surface area contributed by atoms with Crippen LogP contribution in [0.15, 0.2) is 10.4 Å². The lowest BCUT2D eigenvalue weighted by molar-refractivity contribution is 1.32. The third-order valence-corrected chi connectivity index (χ3v) is 1.69. The fraction of sp³-hybridized carbons (Fsp3) is 0.200. The van der Waals surface area contributed by atoms with Crippen LogP contribution < -0.4 is 0 Å². The molecule has 0 aliphatic rings. The second-order valence-corrected chi connectivity index (χ2v) is 2.30. The molecule has 0 fully saturated rings. The zero-order chi connectivity index (χ0) is 6.69. The molecular formula is C5H4N2S2. The summed E-state index contributed by atoms with van der Waals surface area (Å²) < 4.78 is 4.00. The second-order valence-electron chi connectivity index (χ2n) is 1.49. The Balaban J connectivity index is 3.07. The molecule has 0 aliphatic carbocycles. The number of aliphatic imine (C=N–C) groups is 1. The van der Waals surface area contributed by atoms with Gasteiger partial charge >= 0.3 is 0 Å². The number of aryl methyl sites for hydroxylation is 1. The zero-order valence-electron chi connectivity index (χ0n) is 4.79. The van der Waals surface area contributed by atoms with E-state index in [2.05, 4.69) is 26.7 Å². The monoisotopic (exact) mass is 156 g/mol. The second kappa shape index (κ2) is 2.82. The smallest absolute Gasteiger partial charge is 0.108 e. The highest BCUT2D eigenvalue weighted by Crippen LogP contribution is 2.17. The average molecular weight is 156 g/mol. The van der Waals surface area contributed by atoms with Crippen molar-refractivity contribution in [3.63, 3.8) is 0 Å². The van der Waals surface area contributed by atoms with E-state index in [9.17, 15) is 0 Å². The van der Waals surface area contributed by atoms with E-state index in [4.69, 9.17) is 0 Å². The minimum atomic E-state index is 0.829. The first-order valence-corrected chi connectivity index (χ1v) is 3.58. The van der Waals surface area contributed by atoms with Crippen molar-refractivity contribution in [3.8, 4) is 0 Å². The van der Waals surface area contributed by atoms with Gasteiger partial charge in [0.1, 0.15) is 5.69 Å². The van der Waals surface area contributed by atoms with Gasteiger partial charge in [0.05, 0.1) is 10.9 Å². The molecule has 0 bridgehead atoms. The van der Waals surface area contributed by atoms with Crippen molar-refractivity contribution in [2.75, 3.05) is 0 Å². The molecule has 46 valence electrons. The maximum Gasteiger partial charge on any atom is 0.108 e. The summed E-state index contributed by atoms with van der Waals surface area (Å²) >= 11 is 5.80. The Morgan fingerprint density at radius 2 is 2.67 bits per heavy atom. The van der Waals surface area contributed by atoms with Crippen LogP contribution in [0.2, 0.25) is 0 Å². The van der Waals surface area contributed by atoms with Crippen LogP contribution in [0.1, 0.15) is 5.69 Å². The number of thiocarbonyl (C=S) groups is 1. The molecule has 0 aromatic carbocycles. The number of hydrogen-bond donors (Lipinski definition) is 0. The fourth-order valence-corrected chi connectivity index (χ4v) is 1.17. The van der Waals surface area contributed by atoms with Gasteiger partial charge in [-0.1, -0.05) is 0 Å². The quantitative estimate of drug-likeness (QED) is 0.460. The molecule has 0 spiro atoms. The van der Waals surface area contributed by atoms with E-state index in [0.717, 1.165) is 11.4 Å². The van der Waals surface area contributed by atoms with Crippen LogP contribution in [0.25, 0.3) is 0 Å². The largest absolute Gasteiger partial charge is 0.196 e. The number of isothiocyanates is 1. The molecule has 0 unspecified atom stereocenters. The van der Waals surface area contributed by atoms with E-state index in [1.165, 1.54) is 11.5 Å². The van der Waals surface area contributed by atoms with Crippen molar-refractivity contribution in [1.29, 1.82) is 0 Å². The Hall–Kier alpha value is -0.570. The first-order valence-electron chi connectivity index (χ1n) is 2.33. The molecule has 0 amide bonds. The van der Waals surface area contributed by atoms with Crippen molar-refractivity contribution >= 4 is 34.6 Å². The van der Waals surface area contributed by atoms with Crippen LogP contribution in [0, 0.1) is 6.92 Å². The summed E-state index contributed by atoms with van der Waals surface area (Å²) in [6.45, 7) is 1.89. The Morgan fingerprint density at radius 3 is 3.11 bits per heavy atom. The standard InChI is InChI=1S/C5H4N2S2/c1-4-5(6-3-8)2-9-7-4/h2H,1H3.